The van der Waals surface area contributed by atoms with Gasteiger partial charge in [0.25, 0.3) is 5.91 Å². The number of carbonyl (C=O) groups excluding carboxylic acids is 1. The van der Waals surface area contributed by atoms with Crippen LogP contribution in [0.4, 0.5) is 0 Å². The van der Waals surface area contributed by atoms with Crippen molar-refractivity contribution in [2.75, 3.05) is 18.6 Å². The maximum Gasteiger partial charge on any atom is 0.337 e. The highest BCUT2D eigenvalue weighted by molar-refractivity contribution is 7.98. The number of hydrogen-bond donors (Lipinski definition) is 2. The number of carboxylic acid groups (broad SMARTS) is 1. The Balaban J connectivity index is 2.39. The summed E-state index contributed by atoms with van der Waals surface area (Å²) in [6, 6.07) is 2.79. The highest BCUT2D eigenvalue weighted by atomic mass is 32.2. The predicted octanol–water partition coefficient (Wildman–Crippen LogP) is 1.65. The first kappa shape index (κ1) is 14.5. The van der Waals surface area contributed by atoms with Gasteiger partial charge in [0.2, 0.25) is 0 Å². The molecule has 98 valence electrons. The van der Waals surface area contributed by atoms with Gasteiger partial charge in [0.15, 0.2) is 0 Å². The van der Waals surface area contributed by atoms with Crippen molar-refractivity contribution in [2.45, 2.75) is 12.8 Å². The zero-order valence-electron chi connectivity index (χ0n) is 10.2. The standard InChI is InChI=1S/C12H16N2O3S/c1-18-7-3-2-6-13-11(15)10-5-4-9(8-14-10)12(16)17/h4-5,8H,2-3,6-7H2,1H3,(H,13,15)(H,16,17). The van der Waals surface area contributed by atoms with Crippen molar-refractivity contribution in [3.63, 3.8) is 0 Å². The highest BCUT2D eigenvalue weighted by Gasteiger charge is 2.08. The van der Waals surface area contributed by atoms with Crippen LogP contribution in [0.1, 0.15) is 33.7 Å². The molecule has 5 nitrogen and oxygen atoms in total. The third kappa shape index (κ3) is 4.75. The van der Waals surface area contributed by atoms with Gasteiger partial charge in [-0.05, 0) is 37.0 Å². The fourth-order valence-corrected chi connectivity index (χ4v) is 1.81. The van der Waals surface area contributed by atoms with Gasteiger partial charge in [-0.1, -0.05) is 0 Å². The molecule has 18 heavy (non-hydrogen) atoms. The van der Waals surface area contributed by atoms with Gasteiger partial charge in [0, 0.05) is 12.7 Å². The largest absolute Gasteiger partial charge is 0.478 e. The number of carboxylic acids is 1. The molecular formula is C12H16N2O3S. The maximum absolute atomic E-state index is 11.6. The van der Waals surface area contributed by atoms with Gasteiger partial charge in [-0.15, -0.1) is 0 Å². The van der Waals surface area contributed by atoms with Gasteiger partial charge in [-0.2, -0.15) is 11.8 Å². The first-order valence-corrected chi connectivity index (χ1v) is 7.01. The molecule has 0 radical (unpaired) electrons. The molecule has 0 aliphatic heterocycles. The third-order valence-electron chi connectivity index (χ3n) is 2.30. The number of rotatable bonds is 7. The summed E-state index contributed by atoms with van der Waals surface area (Å²) in [6.07, 6.45) is 5.23. The van der Waals surface area contributed by atoms with Crippen molar-refractivity contribution in [3.05, 3.63) is 29.6 Å². The van der Waals surface area contributed by atoms with Crippen molar-refractivity contribution < 1.29 is 14.7 Å². The molecule has 0 aromatic carbocycles. The molecule has 1 rings (SSSR count). The van der Waals surface area contributed by atoms with Crippen LogP contribution in [0.15, 0.2) is 18.3 Å². The maximum atomic E-state index is 11.6. The second-order valence-corrected chi connectivity index (χ2v) is 4.68. The van der Waals surface area contributed by atoms with Crippen molar-refractivity contribution in [1.82, 2.24) is 10.3 Å². The van der Waals surface area contributed by atoms with E-state index >= 15 is 0 Å². The van der Waals surface area contributed by atoms with E-state index in [-0.39, 0.29) is 17.2 Å². The number of nitrogens with zero attached hydrogens (tertiary/aromatic N) is 1. The van der Waals surface area contributed by atoms with E-state index in [0.29, 0.717) is 6.54 Å². The molecule has 0 saturated heterocycles. The molecule has 1 heterocycles. The summed E-state index contributed by atoms with van der Waals surface area (Å²) < 4.78 is 0. The summed E-state index contributed by atoms with van der Waals surface area (Å²) in [5.74, 6) is -0.232. The molecule has 6 heteroatoms. The Labute approximate surface area is 110 Å². The number of amides is 1. The summed E-state index contributed by atoms with van der Waals surface area (Å²) in [4.78, 5) is 26.1. The monoisotopic (exact) mass is 268 g/mol. The van der Waals surface area contributed by atoms with Crippen LogP contribution in [0, 0.1) is 0 Å². The van der Waals surface area contributed by atoms with Crippen molar-refractivity contribution >= 4 is 23.6 Å². The van der Waals surface area contributed by atoms with Gasteiger partial charge in [0.1, 0.15) is 5.69 Å². The molecule has 0 bridgehead atoms. The van der Waals surface area contributed by atoms with E-state index in [1.54, 1.807) is 11.8 Å². The SMILES string of the molecule is CSCCCCNC(=O)c1ccc(C(=O)O)cn1. The van der Waals surface area contributed by atoms with E-state index < -0.39 is 5.97 Å². The summed E-state index contributed by atoms with van der Waals surface area (Å²) in [5, 5.41) is 11.4. The number of carbonyl (C=O) groups is 2. The van der Waals surface area contributed by atoms with Gasteiger partial charge in [-0.3, -0.25) is 9.78 Å². The fourth-order valence-electron chi connectivity index (χ4n) is 1.32. The fraction of sp³-hybridized carbons (Fsp3) is 0.417. The third-order valence-corrected chi connectivity index (χ3v) is 3.00. The van der Waals surface area contributed by atoms with Crippen LogP contribution in [0.3, 0.4) is 0 Å². The van der Waals surface area contributed by atoms with Crippen LogP contribution < -0.4 is 5.32 Å². The van der Waals surface area contributed by atoms with Crippen molar-refractivity contribution in [1.29, 1.82) is 0 Å². The topological polar surface area (TPSA) is 79.3 Å². The van der Waals surface area contributed by atoms with Crippen molar-refractivity contribution in [2.24, 2.45) is 0 Å². The van der Waals surface area contributed by atoms with Gasteiger partial charge in [0.05, 0.1) is 5.56 Å². The number of nitrogens with one attached hydrogen (secondary N) is 1. The van der Waals surface area contributed by atoms with E-state index in [9.17, 15) is 9.59 Å². The first-order chi connectivity index (χ1) is 8.65. The second-order valence-electron chi connectivity index (χ2n) is 3.69. The first-order valence-electron chi connectivity index (χ1n) is 5.61. The number of unbranched alkanes of at least 4 members (excludes halogenated alkanes) is 1. The van der Waals surface area contributed by atoms with Gasteiger partial charge >= 0.3 is 5.97 Å². The minimum Gasteiger partial charge on any atom is -0.478 e. The van der Waals surface area contributed by atoms with Gasteiger partial charge < -0.3 is 10.4 Å². The van der Waals surface area contributed by atoms with Gasteiger partial charge in [-0.25, -0.2) is 4.79 Å². The zero-order valence-corrected chi connectivity index (χ0v) is 11.0. The van der Waals surface area contributed by atoms with Crippen LogP contribution in [0.2, 0.25) is 0 Å². The minimum absolute atomic E-state index is 0.0755. The molecule has 0 saturated carbocycles. The summed E-state index contributed by atoms with van der Waals surface area (Å²) in [6.45, 7) is 0.613. The Morgan fingerprint density at radius 1 is 1.39 bits per heavy atom. The van der Waals surface area contributed by atoms with Crippen LogP contribution in [-0.2, 0) is 0 Å². The van der Waals surface area contributed by atoms with E-state index in [1.165, 1.54) is 18.3 Å². The molecule has 1 amide bonds. The lowest BCUT2D eigenvalue weighted by Crippen LogP contribution is -2.25. The zero-order chi connectivity index (χ0) is 13.4. The average molecular weight is 268 g/mol. The highest BCUT2D eigenvalue weighted by Crippen LogP contribution is 2.01. The Morgan fingerprint density at radius 3 is 2.72 bits per heavy atom. The molecule has 0 fully saturated rings. The van der Waals surface area contributed by atoms with Crippen molar-refractivity contribution in [3.8, 4) is 0 Å². The normalized spacial score (nSPS) is 10.1. The van der Waals surface area contributed by atoms with Crippen LogP contribution in [0.5, 0.6) is 0 Å². The molecular weight excluding hydrogens is 252 g/mol. The second kappa shape index (κ2) is 7.71. The Morgan fingerprint density at radius 2 is 2.17 bits per heavy atom. The van der Waals surface area contributed by atoms with E-state index in [2.05, 4.69) is 10.3 Å². The summed E-state index contributed by atoms with van der Waals surface area (Å²) in [5.41, 5.74) is 0.316. The number of pyridine rings is 1. The lowest BCUT2D eigenvalue weighted by Gasteiger charge is -2.04. The molecule has 0 spiro atoms. The Bertz CT molecular complexity index is 406. The number of aromatic carboxylic acids is 1. The molecule has 0 aliphatic carbocycles. The minimum atomic E-state index is -1.05. The van der Waals surface area contributed by atoms with Crippen LogP contribution >= 0.6 is 11.8 Å². The molecule has 1 aromatic rings. The van der Waals surface area contributed by atoms with E-state index in [0.717, 1.165) is 18.6 Å². The Hall–Kier alpha value is -1.56. The lowest BCUT2D eigenvalue weighted by molar-refractivity contribution is 0.0695. The molecule has 0 atom stereocenters. The predicted molar refractivity (Wildman–Crippen MR) is 71.1 cm³/mol. The Kier molecular flexibility index (Phi) is 6.21. The van der Waals surface area contributed by atoms with Crippen LogP contribution in [0.25, 0.3) is 0 Å². The summed E-state index contributed by atoms with van der Waals surface area (Å²) in [7, 11) is 0. The molecule has 1 aromatic heterocycles. The van der Waals surface area contributed by atoms with E-state index in [4.69, 9.17) is 5.11 Å². The lowest BCUT2D eigenvalue weighted by atomic mass is 10.2. The number of aromatic nitrogens is 1. The molecule has 0 unspecified atom stereocenters. The molecule has 0 aliphatic rings. The number of hydrogen-bond acceptors (Lipinski definition) is 4. The van der Waals surface area contributed by atoms with E-state index in [1.807, 2.05) is 6.26 Å². The van der Waals surface area contributed by atoms with Crippen LogP contribution in [-0.4, -0.2) is 40.5 Å². The summed E-state index contributed by atoms with van der Waals surface area (Å²) >= 11 is 1.78. The quantitative estimate of drug-likeness (QED) is 0.735. The smallest absolute Gasteiger partial charge is 0.337 e. The number of thioether (sulfide) groups is 1. The molecule has 2 N–H and O–H groups in total. The average Bonchev–Trinajstić information content (AvgIpc) is 2.38.